The van der Waals surface area contributed by atoms with Gasteiger partial charge in [-0.25, -0.2) is 4.79 Å². The van der Waals surface area contributed by atoms with Gasteiger partial charge in [-0.2, -0.15) is 0 Å². The molecule has 3 heteroatoms. The van der Waals surface area contributed by atoms with Gasteiger partial charge in [-0.05, 0) is 18.6 Å². The molecule has 3 nitrogen and oxygen atoms in total. The number of nitrogens with zero attached hydrogens (tertiary/aromatic N) is 1. The molecule has 1 N–H and O–H groups in total. The maximum atomic E-state index is 11.6. The molecule has 2 rings (SSSR count). The molecule has 0 radical (unpaired) electrons. The van der Waals surface area contributed by atoms with Gasteiger partial charge in [-0.1, -0.05) is 30.3 Å². The van der Waals surface area contributed by atoms with Crippen LogP contribution in [0.2, 0.25) is 0 Å². The molecule has 15 heavy (non-hydrogen) atoms. The molecule has 1 atom stereocenters. The average Bonchev–Trinajstić information content (AvgIpc) is 2.30. The number of urea groups is 1. The van der Waals surface area contributed by atoms with Crippen LogP contribution in [0.15, 0.2) is 42.6 Å². The zero-order chi connectivity index (χ0) is 10.7. The molecule has 1 aliphatic rings. The predicted octanol–water partition coefficient (Wildman–Crippen LogP) is 2.29. The Bertz CT molecular complexity index is 372. The van der Waals surface area contributed by atoms with Crippen molar-refractivity contribution in [2.24, 2.45) is 0 Å². The SMILES string of the molecule is CCN1C=CC(c2ccccc2)NC1=O. The Hall–Kier alpha value is -1.77. The molecule has 0 saturated heterocycles. The smallest absolute Gasteiger partial charge is 0.322 e. The van der Waals surface area contributed by atoms with Gasteiger partial charge in [0.2, 0.25) is 0 Å². The highest BCUT2D eigenvalue weighted by Gasteiger charge is 2.19. The van der Waals surface area contributed by atoms with Gasteiger partial charge in [0.25, 0.3) is 0 Å². The first-order valence-electron chi connectivity index (χ1n) is 5.11. The van der Waals surface area contributed by atoms with Gasteiger partial charge >= 0.3 is 6.03 Å². The minimum absolute atomic E-state index is 0.00139. The van der Waals surface area contributed by atoms with Gasteiger partial charge in [0.15, 0.2) is 0 Å². The second-order valence-corrected chi connectivity index (χ2v) is 3.47. The number of nitrogens with one attached hydrogen (secondary N) is 1. The van der Waals surface area contributed by atoms with Gasteiger partial charge in [-0.3, -0.25) is 0 Å². The van der Waals surface area contributed by atoms with Crippen LogP contribution in [-0.2, 0) is 0 Å². The van der Waals surface area contributed by atoms with Crippen molar-refractivity contribution in [3.05, 3.63) is 48.2 Å². The summed E-state index contributed by atoms with van der Waals surface area (Å²) in [5.74, 6) is 0. The van der Waals surface area contributed by atoms with Gasteiger partial charge in [0.05, 0.1) is 6.04 Å². The molecular formula is C12H14N2O. The van der Waals surface area contributed by atoms with E-state index < -0.39 is 0 Å². The quantitative estimate of drug-likeness (QED) is 0.784. The maximum Gasteiger partial charge on any atom is 0.322 e. The number of rotatable bonds is 2. The Morgan fingerprint density at radius 1 is 1.33 bits per heavy atom. The van der Waals surface area contributed by atoms with Crippen molar-refractivity contribution in [1.29, 1.82) is 0 Å². The van der Waals surface area contributed by atoms with Crippen molar-refractivity contribution in [3.8, 4) is 0 Å². The molecule has 0 fully saturated rings. The fourth-order valence-electron chi connectivity index (χ4n) is 1.63. The van der Waals surface area contributed by atoms with Crippen molar-refractivity contribution in [3.63, 3.8) is 0 Å². The van der Waals surface area contributed by atoms with Crippen LogP contribution in [0, 0.1) is 0 Å². The standard InChI is InChI=1S/C12H14N2O/c1-2-14-9-8-11(13-12(14)15)10-6-4-3-5-7-10/h3-9,11H,2H2,1H3,(H,13,15). The van der Waals surface area contributed by atoms with E-state index in [1.54, 1.807) is 4.90 Å². The van der Waals surface area contributed by atoms with Gasteiger partial charge < -0.3 is 10.2 Å². The van der Waals surface area contributed by atoms with Crippen LogP contribution in [0.4, 0.5) is 4.79 Å². The zero-order valence-electron chi connectivity index (χ0n) is 8.68. The van der Waals surface area contributed by atoms with Crippen molar-refractivity contribution in [1.82, 2.24) is 10.2 Å². The summed E-state index contributed by atoms with van der Waals surface area (Å²) in [5, 5.41) is 2.93. The minimum atomic E-state index is -0.0335. The van der Waals surface area contributed by atoms with Crippen molar-refractivity contribution in [2.75, 3.05) is 6.54 Å². The second kappa shape index (κ2) is 4.17. The summed E-state index contributed by atoms with van der Waals surface area (Å²) < 4.78 is 0. The first kappa shape index (κ1) is 9.77. The van der Waals surface area contributed by atoms with Crippen molar-refractivity contribution >= 4 is 6.03 Å². The van der Waals surface area contributed by atoms with Gasteiger partial charge in [0, 0.05) is 12.7 Å². The second-order valence-electron chi connectivity index (χ2n) is 3.47. The summed E-state index contributed by atoms with van der Waals surface area (Å²) in [5.41, 5.74) is 1.11. The lowest BCUT2D eigenvalue weighted by molar-refractivity contribution is 0.211. The number of carbonyl (C=O) groups excluding carboxylic acids is 1. The Morgan fingerprint density at radius 3 is 2.67 bits per heavy atom. The molecule has 1 aliphatic heterocycles. The van der Waals surface area contributed by atoms with E-state index in [1.807, 2.05) is 49.5 Å². The molecule has 1 aromatic carbocycles. The summed E-state index contributed by atoms with van der Waals surface area (Å²) >= 11 is 0. The first-order valence-corrected chi connectivity index (χ1v) is 5.11. The topological polar surface area (TPSA) is 32.3 Å². The Balaban J connectivity index is 2.18. The van der Waals surface area contributed by atoms with E-state index in [2.05, 4.69) is 5.32 Å². The van der Waals surface area contributed by atoms with Crippen molar-refractivity contribution in [2.45, 2.75) is 13.0 Å². The lowest BCUT2D eigenvalue weighted by Crippen LogP contribution is -2.41. The molecule has 0 aromatic heterocycles. The van der Waals surface area contributed by atoms with Gasteiger partial charge in [-0.15, -0.1) is 0 Å². The molecule has 1 unspecified atom stereocenters. The number of amides is 2. The molecule has 2 amide bonds. The minimum Gasteiger partial charge on any atom is -0.327 e. The molecule has 1 heterocycles. The fourth-order valence-corrected chi connectivity index (χ4v) is 1.63. The third kappa shape index (κ3) is 2.01. The molecular weight excluding hydrogens is 188 g/mol. The fraction of sp³-hybridized carbons (Fsp3) is 0.250. The number of hydrogen-bond donors (Lipinski definition) is 1. The van der Waals surface area contributed by atoms with Crippen molar-refractivity contribution < 1.29 is 4.79 Å². The van der Waals surface area contributed by atoms with Crippen LogP contribution in [0.5, 0.6) is 0 Å². The van der Waals surface area contributed by atoms with E-state index in [1.165, 1.54) is 0 Å². The Kier molecular flexibility index (Phi) is 2.72. The van der Waals surface area contributed by atoms with Crippen LogP contribution in [0.3, 0.4) is 0 Å². The molecule has 0 saturated carbocycles. The molecule has 0 spiro atoms. The molecule has 1 aromatic rings. The predicted molar refractivity (Wildman–Crippen MR) is 59.2 cm³/mol. The highest BCUT2D eigenvalue weighted by molar-refractivity contribution is 5.77. The molecule has 0 bridgehead atoms. The van der Waals surface area contributed by atoms with E-state index in [0.29, 0.717) is 6.54 Å². The summed E-state index contributed by atoms with van der Waals surface area (Å²) in [6, 6.07) is 9.91. The third-order valence-corrected chi connectivity index (χ3v) is 2.50. The van der Waals surface area contributed by atoms with Crippen LogP contribution in [0.1, 0.15) is 18.5 Å². The first-order chi connectivity index (χ1) is 7.31. The lowest BCUT2D eigenvalue weighted by atomic mass is 10.1. The van der Waals surface area contributed by atoms with E-state index in [0.717, 1.165) is 5.56 Å². The van der Waals surface area contributed by atoms with E-state index in [9.17, 15) is 4.79 Å². The van der Waals surface area contributed by atoms with Crippen LogP contribution >= 0.6 is 0 Å². The highest BCUT2D eigenvalue weighted by Crippen LogP contribution is 2.17. The number of carbonyl (C=O) groups is 1. The Labute approximate surface area is 89.4 Å². The van der Waals surface area contributed by atoms with Crippen LogP contribution in [-0.4, -0.2) is 17.5 Å². The van der Waals surface area contributed by atoms with Gasteiger partial charge in [0.1, 0.15) is 0 Å². The average molecular weight is 202 g/mol. The van der Waals surface area contributed by atoms with E-state index >= 15 is 0 Å². The monoisotopic (exact) mass is 202 g/mol. The largest absolute Gasteiger partial charge is 0.327 e. The lowest BCUT2D eigenvalue weighted by Gasteiger charge is -2.26. The maximum absolute atomic E-state index is 11.6. The molecule has 78 valence electrons. The van der Waals surface area contributed by atoms with E-state index in [4.69, 9.17) is 0 Å². The normalized spacial score (nSPS) is 20.2. The van der Waals surface area contributed by atoms with E-state index in [-0.39, 0.29) is 12.1 Å². The zero-order valence-corrected chi connectivity index (χ0v) is 8.68. The number of benzene rings is 1. The molecule has 0 aliphatic carbocycles. The summed E-state index contributed by atoms with van der Waals surface area (Å²) in [6.45, 7) is 2.65. The highest BCUT2D eigenvalue weighted by atomic mass is 16.2. The summed E-state index contributed by atoms with van der Waals surface area (Å²) in [4.78, 5) is 13.2. The van der Waals surface area contributed by atoms with Crippen LogP contribution < -0.4 is 5.32 Å². The summed E-state index contributed by atoms with van der Waals surface area (Å²) in [6.07, 6.45) is 3.84. The third-order valence-electron chi connectivity index (χ3n) is 2.50. The van der Waals surface area contributed by atoms with Crippen LogP contribution in [0.25, 0.3) is 0 Å². The Morgan fingerprint density at radius 2 is 2.07 bits per heavy atom. The summed E-state index contributed by atoms with van der Waals surface area (Å²) in [7, 11) is 0. The number of hydrogen-bond acceptors (Lipinski definition) is 1.